The lowest BCUT2D eigenvalue weighted by atomic mass is 10.2. The molecule has 14 heavy (non-hydrogen) atoms. The number of aromatic nitrogens is 1. The lowest BCUT2D eigenvalue weighted by Gasteiger charge is -2.17. The van der Waals surface area contributed by atoms with Gasteiger partial charge in [0, 0.05) is 10.7 Å². The van der Waals surface area contributed by atoms with E-state index in [0.717, 1.165) is 4.47 Å². The van der Waals surface area contributed by atoms with E-state index in [9.17, 15) is 4.79 Å². The van der Waals surface area contributed by atoms with Crippen molar-refractivity contribution < 1.29 is 9.90 Å². The van der Waals surface area contributed by atoms with Crippen molar-refractivity contribution in [3.05, 3.63) is 22.8 Å². The molecular weight excluding hydrogens is 266 g/mol. The fourth-order valence-corrected chi connectivity index (χ4v) is 2.08. The zero-order valence-corrected chi connectivity index (χ0v) is 10.2. The van der Waals surface area contributed by atoms with Gasteiger partial charge in [-0.05, 0) is 41.9 Å². The van der Waals surface area contributed by atoms with Gasteiger partial charge in [-0.2, -0.15) is 0 Å². The minimum atomic E-state index is -0.864. The van der Waals surface area contributed by atoms with Gasteiger partial charge in [-0.25, -0.2) is 4.98 Å². The average Bonchev–Trinajstić information content (AvgIpc) is 2.08. The number of hydrogen-bond donors (Lipinski definition) is 1. The molecule has 0 amide bonds. The van der Waals surface area contributed by atoms with Crippen molar-refractivity contribution >= 4 is 33.7 Å². The third kappa shape index (κ3) is 2.72. The molecule has 1 aromatic rings. The Labute approximate surface area is 95.1 Å². The number of thioether (sulfide) groups is 1. The molecule has 0 aliphatic carbocycles. The van der Waals surface area contributed by atoms with Crippen LogP contribution in [-0.4, -0.2) is 20.8 Å². The first-order valence-electron chi connectivity index (χ1n) is 3.96. The molecule has 1 N–H and O–H groups in total. The maximum absolute atomic E-state index is 10.9. The molecule has 0 aliphatic heterocycles. The summed E-state index contributed by atoms with van der Waals surface area (Å²) in [7, 11) is 0. The second-order valence-corrected chi connectivity index (χ2v) is 5.67. The van der Waals surface area contributed by atoms with Gasteiger partial charge in [0.2, 0.25) is 0 Å². The van der Waals surface area contributed by atoms with Crippen LogP contribution < -0.4 is 0 Å². The van der Waals surface area contributed by atoms with Crippen LogP contribution in [0.5, 0.6) is 0 Å². The quantitative estimate of drug-likeness (QED) is 0.862. The Bertz CT molecular complexity index is 354. The largest absolute Gasteiger partial charge is 0.480 e. The zero-order chi connectivity index (χ0) is 10.8. The highest BCUT2D eigenvalue weighted by Crippen LogP contribution is 2.35. The van der Waals surface area contributed by atoms with Crippen LogP contribution in [0.1, 0.15) is 13.8 Å². The minimum absolute atomic E-state index is 0.694. The van der Waals surface area contributed by atoms with Gasteiger partial charge in [-0.3, -0.25) is 4.79 Å². The number of nitrogens with zero attached hydrogens (tertiary/aromatic N) is 1. The van der Waals surface area contributed by atoms with Gasteiger partial charge in [-0.15, -0.1) is 0 Å². The zero-order valence-electron chi connectivity index (χ0n) is 7.82. The Kier molecular flexibility index (Phi) is 3.55. The van der Waals surface area contributed by atoms with Gasteiger partial charge in [-0.1, -0.05) is 11.8 Å². The van der Waals surface area contributed by atoms with Gasteiger partial charge in [0.15, 0.2) is 0 Å². The first kappa shape index (κ1) is 11.5. The van der Waals surface area contributed by atoms with Gasteiger partial charge >= 0.3 is 5.97 Å². The molecule has 0 aromatic carbocycles. The van der Waals surface area contributed by atoms with Gasteiger partial charge in [0.25, 0.3) is 0 Å². The first-order valence-corrected chi connectivity index (χ1v) is 5.57. The molecule has 0 aliphatic rings. The van der Waals surface area contributed by atoms with E-state index in [0.29, 0.717) is 5.03 Å². The van der Waals surface area contributed by atoms with Gasteiger partial charge in [0.1, 0.15) is 9.77 Å². The second-order valence-electron chi connectivity index (χ2n) is 3.21. The Morgan fingerprint density at radius 1 is 1.64 bits per heavy atom. The summed E-state index contributed by atoms with van der Waals surface area (Å²) >= 11 is 4.54. The highest BCUT2D eigenvalue weighted by Gasteiger charge is 2.29. The number of halogens is 1. The lowest BCUT2D eigenvalue weighted by Crippen LogP contribution is -2.27. The molecule has 1 rings (SSSR count). The predicted molar refractivity (Wildman–Crippen MR) is 59.5 cm³/mol. The SMILES string of the molecule is CC(C)(Sc1ncccc1Br)C(=O)O. The van der Waals surface area contributed by atoms with Crippen molar-refractivity contribution in [2.45, 2.75) is 23.6 Å². The van der Waals surface area contributed by atoms with Crippen LogP contribution in [-0.2, 0) is 4.79 Å². The Morgan fingerprint density at radius 3 is 2.79 bits per heavy atom. The van der Waals surface area contributed by atoms with E-state index in [1.165, 1.54) is 11.8 Å². The van der Waals surface area contributed by atoms with Crippen molar-refractivity contribution in [2.24, 2.45) is 0 Å². The summed E-state index contributed by atoms with van der Waals surface area (Å²) in [5.41, 5.74) is 0. The first-order chi connectivity index (χ1) is 6.43. The molecule has 0 saturated carbocycles. The fourth-order valence-electron chi connectivity index (χ4n) is 0.732. The van der Waals surface area contributed by atoms with Gasteiger partial charge < -0.3 is 5.11 Å². The second kappa shape index (κ2) is 4.31. The molecule has 76 valence electrons. The number of carboxylic acid groups (broad SMARTS) is 1. The third-order valence-electron chi connectivity index (χ3n) is 1.59. The maximum Gasteiger partial charge on any atom is 0.319 e. The number of aliphatic carboxylic acids is 1. The van der Waals surface area contributed by atoms with Crippen molar-refractivity contribution in [3.8, 4) is 0 Å². The molecule has 0 spiro atoms. The van der Waals surface area contributed by atoms with E-state index in [1.54, 1.807) is 26.1 Å². The normalized spacial score (nSPS) is 11.4. The van der Waals surface area contributed by atoms with E-state index < -0.39 is 10.7 Å². The third-order valence-corrected chi connectivity index (χ3v) is 3.70. The molecule has 0 fully saturated rings. The van der Waals surface area contributed by atoms with Gasteiger partial charge in [0.05, 0.1) is 0 Å². The predicted octanol–water partition coefficient (Wildman–Crippen LogP) is 2.80. The molecule has 0 radical (unpaired) electrons. The summed E-state index contributed by atoms with van der Waals surface area (Å²) < 4.78 is -0.0454. The van der Waals surface area contributed by atoms with Crippen LogP contribution in [0, 0.1) is 0 Å². The molecule has 0 saturated heterocycles. The highest BCUT2D eigenvalue weighted by molar-refractivity contribution is 9.10. The summed E-state index contributed by atoms with van der Waals surface area (Å²) in [5, 5.41) is 9.62. The molecule has 0 unspecified atom stereocenters. The maximum atomic E-state index is 10.9. The number of rotatable bonds is 3. The summed E-state index contributed by atoms with van der Waals surface area (Å²) in [4.78, 5) is 15.0. The summed E-state index contributed by atoms with van der Waals surface area (Å²) in [6, 6.07) is 3.63. The molecule has 1 aromatic heterocycles. The van der Waals surface area contributed by atoms with E-state index in [2.05, 4.69) is 20.9 Å². The number of pyridine rings is 1. The molecular formula is C9H10BrNO2S. The molecule has 1 heterocycles. The smallest absolute Gasteiger partial charge is 0.319 e. The van der Waals surface area contributed by atoms with Crippen LogP contribution in [0.2, 0.25) is 0 Å². The molecule has 0 atom stereocenters. The van der Waals surface area contributed by atoms with E-state index in [1.807, 2.05) is 6.07 Å². The average molecular weight is 276 g/mol. The summed E-state index contributed by atoms with van der Waals surface area (Å²) in [6.07, 6.45) is 1.64. The fraction of sp³-hybridized carbons (Fsp3) is 0.333. The molecule has 0 bridgehead atoms. The van der Waals surface area contributed by atoms with Crippen LogP contribution in [0.15, 0.2) is 27.8 Å². The van der Waals surface area contributed by atoms with Crippen LogP contribution >= 0.6 is 27.7 Å². The highest BCUT2D eigenvalue weighted by atomic mass is 79.9. The molecule has 5 heteroatoms. The van der Waals surface area contributed by atoms with E-state index in [-0.39, 0.29) is 0 Å². The van der Waals surface area contributed by atoms with E-state index >= 15 is 0 Å². The van der Waals surface area contributed by atoms with Crippen molar-refractivity contribution in [3.63, 3.8) is 0 Å². The van der Waals surface area contributed by atoms with E-state index in [4.69, 9.17) is 5.11 Å². The standard InChI is InChI=1S/C9H10BrNO2S/c1-9(2,8(12)13)14-7-6(10)4-3-5-11-7/h3-5H,1-2H3,(H,12,13). The Morgan fingerprint density at radius 2 is 2.29 bits per heavy atom. The number of carbonyl (C=O) groups is 1. The van der Waals surface area contributed by atoms with Crippen molar-refractivity contribution in [1.29, 1.82) is 0 Å². The van der Waals surface area contributed by atoms with Crippen LogP contribution in [0.25, 0.3) is 0 Å². The lowest BCUT2D eigenvalue weighted by molar-refractivity contribution is -0.138. The van der Waals surface area contributed by atoms with Crippen LogP contribution in [0.3, 0.4) is 0 Å². The Balaban J connectivity index is 2.89. The Hall–Kier alpha value is -0.550. The summed E-state index contributed by atoms with van der Waals surface area (Å²) in [5.74, 6) is -0.847. The minimum Gasteiger partial charge on any atom is -0.480 e. The summed E-state index contributed by atoms with van der Waals surface area (Å²) in [6.45, 7) is 3.31. The number of hydrogen-bond acceptors (Lipinski definition) is 3. The van der Waals surface area contributed by atoms with Crippen molar-refractivity contribution in [1.82, 2.24) is 4.98 Å². The topological polar surface area (TPSA) is 50.2 Å². The number of carboxylic acids is 1. The van der Waals surface area contributed by atoms with Crippen molar-refractivity contribution in [2.75, 3.05) is 0 Å². The molecule has 3 nitrogen and oxygen atoms in total. The monoisotopic (exact) mass is 275 g/mol. The van der Waals surface area contributed by atoms with Crippen LogP contribution in [0.4, 0.5) is 0 Å².